The second-order valence-corrected chi connectivity index (χ2v) is 9.28. The summed E-state index contributed by atoms with van der Waals surface area (Å²) in [4.78, 5) is 4.64. The van der Waals surface area contributed by atoms with Crippen LogP contribution in [-0.4, -0.2) is 85.1 Å². The van der Waals surface area contributed by atoms with E-state index in [1.807, 2.05) is 7.05 Å². The number of likely N-dealkylation sites (N-methyl/N-ethyl adjacent to an activating group) is 1. The average molecular weight is 428 g/mol. The lowest BCUT2D eigenvalue weighted by molar-refractivity contribution is 0.0376. The van der Waals surface area contributed by atoms with Crippen molar-refractivity contribution in [3.8, 4) is 17.2 Å². The highest BCUT2D eigenvalue weighted by atomic mass is 32.2. The maximum Gasteiger partial charge on any atom is 0.244 e. The monoisotopic (exact) mass is 427 g/mol. The van der Waals surface area contributed by atoms with Crippen LogP contribution in [-0.2, 0) is 27.7 Å². The summed E-state index contributed by atoms with van der Waals surface area (Å²) in [7, 11) is -0.166. The number of benzene rings is 1. The van der Waals surface area contributed by atoms with E-state index >= 15 is 0 Å². The van der Waals surface area contributed by atoms with Crippen molar-refractivity contribution in [3.05, 3.63) is 11.1 Å². The number of hydrogen-bond donors (Lipinski definition) is 1. The predicted octanol–water partition coefficient (Wildman–Crippen LogP) is 0.412. The number of sulfonamides is 1. The average Bonchev–Trinajstić information content (AvgIpc) is 3.19. The van der Waals surface area contributed by atoms with Gasteiger partial charge >= 0.3 is 0 Å². The molecule has 9 nitrogen and oxygen atoms in total. The Bertz CT molecular complexity index is 854. The quantitative estimate of drug-likeness (QED) is 0.626. The SMILES string of the molecule is COc1c2c(c(S(=O)(=O)NCCCN3CCOCC3)c3c1OCO3)CCN(C)C2. The normalized spacial score (nSPS) is 19.9. The zero-order valence-electron chi connectivity index (χ0n) is 17.0. The summed E-state index contributed by atoms with van der Waals surface area (Å²) in [6.45, 7) is 5.85. The molecule has 3 aliphatic heterocycles. The molecule has 29 heavy (non-hydrogen) atoms. The van der Waals surface area contributed by atoms with Crippen molar-refractivity contribution in [2.24, 2.45) is 0 Å². The van der Waals surface area contributed by atoms with E-state index in [-0.39, 0.29) is 17.4 Å². The summed E-state index contributed by atoms with van der Waals surface area (Å²) in [5.74, 6) is 1.23. The van der Waals surface area contributed by atoms with E-state index in [1.165, 1.54) is 0 Å². The molecule has 162 valence electrons. The van der Waals surface area contributed by atoms with Gasteiger partial charge in [-0.25, -0.2) is 13.1 Å². The van der Waals surface area contributed by atoms with Crippen molar-refractivity contribution in [3.63, 3.8) is 0 Å². The number of nitrogens with one attached hydrogen (secondary N) is 1. The fourth-order valence-corrected chi connectivity index (χ4v) is 5.66. The molecule has 1 saturated heterocycles. The standard InChI is InChI=1S/C19H29N3O6S/c1-21-7-4-14-15(12-21)16(25-2)17-18(28-13-27-17)19(14)29(23,24)20-5-3-6-22-8-10-26-11-9-22/h20H,3-13H2,1-2H3. The molecule has 3 heterocycles. The minimum Gasteiger partial charge on any atom is -0.492 e. The second kappa shape index (κ2) is 8.65. The minimum absolute atomic E-state index is 0.00994. The molecular weight excluding hydrogens is 398 g/mol. The molecule has 0 aromatic heterocycles. The van der Waals surface area contributed by atoms with Gasteiger partial charge in [-0.05, 0) is 32.0 Å². The van der Waals surface area contributed by atoms with E-state index in [1.54, 1.807) is 7.11 Å². The van der Waals surface area contributed by atoms with Crippen molar-refractivity contribution in [2.75, 3.05) is 66.9 Å². The van der Waals surface area contributed by atoms with Crippen LogP contribution in [0.3, 0.4) is 0 Å². The molecule has 1 aromatic carbocycles. The van der Waals surface area contributed by atoms with Gasteiger partial charge in [0.15, 0.2) is 11.5 Å². The topological polar surface area (TPSA) is 89.6 Å². The van der Waals surface area contributed by atoms with Crippen molar-refractivity contribution in [1.82, 2.24) is 14.5 Å². The molecule has 0 amide bonds. The van der Waals surface area contributed by atoms with Crippen LogP contribution in [0.4, 0.5) is 0 Å². The van der Waals surface area contributed by atoms with Gasteiger partial charge in [0, 0.05) is 38.3 Å². The van der Waals surface area contributed by atoms with Crippen molar-refractivity contribution >= 4 is 10.0 Å². The number of morpholine rings is 1. The van der Waals surface area contributed by atoms with Gasteiger partial charge < -0.3 is 23.8 Å². The van der Waals surface area contributed by atoms with Crippen LogP contribution in [0.25, 0.3) is 0 Å². The van der Waals surface area contributed by atoms with Crippen LogP contribution in [0, 0.1) is 0 Å². The lowest BCUT2D eigenvalue weighted by atomic mass is 9.97. The Morgan fingerprint density at radius 3 is 2.62 bits per heavy atom. The minimum atomic E-state index is -3.74. The Kier molecular flexibility index (Phi) is 6.16. The van der Waals surface area contributed by atoms with Gasteiger partial charge in [-0.15, -0.1) is 0 Å². The molecule has 0 atom stereocenters. The lowest BCUT2D eigenvalue weighted by Gasteiger charge is -2.29. The Morgan fingerprint density at radius 2 is 1.86 bits per heavy atom. The third-order valence-electron chi connectivity index (χ3n) is 5.63. The number of fused-ring (bicyclic) bond motifs is 2. The van der Waals surface area contributed by atoms with Gasteiger partial charge in [-0.3, -0.25) is 4.90 Å². The van der Waals surface area contributed by atoms with E-state index in [4.69, 9.17) is 18.9 Å². The molecule has 3 aliphatic rings. The fraction of sp³-hybridized carbons (Fsp3) is 0.684. The maximum absolute atomic E-state index is 13.3. The van der Waals surface area contributed by atoms with Gasteiger partial charge in [0.1, 0.15) is 4.90 Å². The summed E-state index contributed by atoms with van der Waals surface area (Å²) in [6, 6.07) is 0. The lowest BCUT2D eigenvalue weighted by Crippen LogP contribution is -2.38. The molecular formula is C19H29N3O6S. The number of hydrogen-bond acceptors (Lipinski definition) is 8. The largest absolute Gasteiger partial charge is 0.492 e. The fourth-order valence-electron chi connectivity index (χ4n) is 4.15. The molecule has 10 heteroatoms. The van der Waals surface area contributed by atoms with Crippen LogP contribution in [0.2, 0.25) is 0 Å². The van der Waals surface area contributed by atoms with E-state index in [0.29, 0.717) is 31.0 Å². The van der Waals surface area contributed by atoms with Gasteiger partial charge in [0.05, 0.1) is 20.3 Å². The Labute approximate surface area is 171 Å². The van der Waals surface area contributed by atoms with Crippen molar-refractivity contribution < 1.29 is 27.4 Å². The van der Waals surface area contributed by atoms with Crippen LogP contribution in [0.5, 0.6) is 17.2 Å². The summed E-state index contributed by atoms with van der Waals surface area (Å²) in [5, 5.41) is 0. The molecule has 1 fully saturated rings. The molecule has 1 aromatic rings. The highest BCUT2D eigenvalue weighted by Gasteiger charge is 2.37. The van der Waals surface area contributed by atoms with Gasteiger partial charge in [-0.2, -0.15) is 0 Å². The van der Waals surface area contributed by atoms with Crippen LogP contribution in [0.15, 0.2) is 4.90 Å². The smallest absolute Gasteiger partial charge is 0.244 e. The zero-order chi connectivity index (χ0) is 20.4. The molecule has 0 radical (unpaired) electrons. The van der Waals surface area contributed by atoms with Crippen LogP contribution >= 0.6 is 0 Å². The Hall–Kier alpha value is -1.59. The first-order chi connectivity index (χ1) is 14.0. The summed E-state index contributed by atoms with van der Waals surface area (Å²) in [6.07, 6.45) is 1.35. The summed E-state index contributed by atoms with van der Waals surface area (Å²) in [5.41, 5.74) is 1.63. The van der Waals surface area contributed by atoms with E-state index in [9.17, 15) is 8.42 Å². The Balaban J connectivity index is 1.56. The van der Waals surface area contributed by atoms with Gasteiger partial charge in [-0.1, -0.05) is 0 Å². The first kappa shape index (κ1) is 20.7. The molecule has 0 aliphatic carbocycles. The highest BCUT2D eigenvalue weighted by Crippen LogP contribution is 2.51. The predicted molar refractivity (Wildman–Crippen MR) is 106 cm³/mol. The zero-order valence-corrected chi connectivity index (χ0v) is 17.8. The van der Waals surface area contributed by atoms with Crippen LogP contribution < -0.4 is 18.9 Å². The third kappa shape index (κ3) is 4.17. The number of ether oxygens (including phenoxy) is 4. The molecule has 4 rings (SSSR count). The van der Waals surface area contributed by atoms with E-state index in [2.05, 4.69) is 14.5 Å². The van der Waals surface area contributed by atoms with Crippen molar-refractivity contribution in [1.29, 1.82) is 0 Å². The third-order valence-corrected chi connectivity index (χ3v) is 7.18. The Morgan fingerprint density at radius 1 is 1.10 bits per heavy atom. The van der Waals surface area contributed by atoms with E-state index in [0.717, 1.165) is 56.9 Å². The first-order valence-electron chi connectivity index (χ1n) is 10.0. The molecule has 0 spiro atoms. The molecule has 0 saturated carbocycles. The number of nitrogens with zero attached hydrogens (tertiary/aromatic N) is 2. The van der Waals surface area contributed by atoms with Crippen molar-refractivity contribution in [2.45, 2.75) is 24.3 Å². The van der Waals surface area contributed by atoms with Gasteiger partial charge in [0.2, 0.25) is 22.6 Å². The van der Waals surface area contributed by atoms with E-state index < -0.39 is 10.0 Å². The highest BCUT2D eigenvalue weighted by molar-refractivity contribution is 7.89. The first-order valence-corrected chi connectivity index (χ1v) is 11.5. The number of rotatable bonds is 7. The summed E-state index contributed by atoms with van der Waals surface area (Å²) < 4.78 is 51.4. The maximum atomic E-state index is 13.3. The molecule has 1 N–H and O–H groups in total. The molecule has 0 unspecified atom stereocenters. The second-order valence-electron chi connectivity index (χ2n) is 7.58. The summed E-state index contributed by atoms with van der Waals surface area (Å²) >= 11 is 0. The van der Waals surface area contributed by atoms with Gasteiger partial charge in [0.25, 0.3) is 0 Å². The number of methoxy groups -OCH3 is 1. The van der Waals surface area contributed by atoms with Crippen LogP contribution in [0.1, 0.15) is 17.5 Å². The molecule has 0 bridgehead atoms.